The van der Waals surface area contributed by atoms with Crippen molar-refractivity contribution in [1.29, 1.82) is 0 Å². The minimum Gasteiger partial charge on any atom is -0.444 e. The number of hydrogen-bond donors (Lipinski definition) is 0. The van der Waals surface area contributed by atoms with Crippen molar-refractivity contribution in [2.45, 2.75) is 76.0 Å². The summed E-state index contributed by atoms with van der Waals surface area (Å²) in [6, 6.07) is 9.37. The predicted octanol–water partition coefficient (Wildman–Crippen LogP) is 6.72. The quantitative estimate of drug-likeness (QED) is 0.413. The summed E-state index contributed by atoms with van der Waals surface area (Å²) in [6.45, 7) is 2.37. The molecule has 2 saturated heterocycles. The molecule has 0 radical (unpaired) electrons. The van der Waals surface area contributed by atoms with Crippen molar-refractivity contribution in [2.24, 2.45) is 0 Å². The van der Waals surface area contributed by atoms with E-state index in [-0.39, 0.29) is 18.6 Å². The van der Waals surface area contributed by atoms with Crippen molar-refractivity contribution in [3.05, 3.63) is 59.3 Å². The maximum atomic E-state index is 13.4. The zero-order valence-electron chi connectivity index (χ0n) is 20.7. The van der Waals surface area contributed by atoms with Gasteiger partial charge in [-0.1, -0.05) is 30.3 Å². The maximum Gasteiger partial charge on any atom is 0.417 e. The molecule has 37 heavy (non-hydrogen) atoms. The van der Waals surface area contributed by atoms with Crippen LogP contribution in [0.4, 0.5) is 26.7 Å². The summed E-state index contributed by atoms with van der Waals surface area (Å²) in [4.78, 5) is 18.4. The van der Waals surface area contributed by atoms with E-state index in [4.69, 9.17) is 9.47 Å². The molecule has 2 aliphatic rings. The van der Waals surface area contributed by atoms with Crippen LogP contribution in [0.5, 0.6) is 5.88 Å². The van der Waals surface area contributed by atoms with Crippen molar-refractivity contribution in [3.63, 3.8) is 0 Å². The summed E-state index contributed by atoms with van der Waals surface area (Å²) in [5, 5.41) is 0. The van der Waals surface area contributed by atoms with Crippen LogP contribution in [0.3, 0.4) is 0 Å². The average Bonchev–Trinajstić information content (AvgIpc) is 3.21. The van der Waals surface area contributed by atoms with Crippen LogP contribution in [0.1, 0.15) is 68.7 Å². The van der Waals surface area contributed by atoms with Gasteiger partial charge in [-0.2, -0.15) is 22.0 Å². The van der Waals surface area contributed by atoms with Crippen LogP contribution in [0.25, 0.3) is 0 Å². The van der Waals surface area contributed by atoms with E-state index < -0.39 is 53.5 Å². The first-order valence-corrected chi connectivity index (χ1v) is 12.0. The first kappa shape index (κ1) is 27.1. The lowest BCUT2D eigenvalue weighted by Crippen LogP contribution is -2.53. The number of benzene rings is 1. The summed E-state index contributed by atoms with van der Waals surface area (Å²) in [7, 11) is 0. The van der Waals surface area contributed by atoms with Crippen molar-refractivity contribution in [3.8, 4) is 5.88 Å². The van der Waals surface area contributed by atoms with Crippen LogP contribution < -0.4 is 4.74 Å². The third kappa shape index (κ3) is 5.97. The molecule has 0 bridgehead atoms. The SMILES string of the molecule is CC(C)(C)OC(=O)N1CCC[C@@]2(C[C@H](c3cc(C(F)(F)F)cnc3OC(F)F)CO2)[C@@H]1c1ccccc1. The molecule has 4 rings (SSSR count). The van der Waals surface area contributed by atoms with E-state index in [1.165, 1.54) is 0 Å². The smallest absolute Gasteiger partial charge is 0.417 e. The highest BCUT2D eigenvalue weighted by atomic mass is 19.4. The molecule has 1 aromatic carbocycles. The van der Waals surface area contributed by atoms with Crippen LogP contribution in [0, 0.1) is 0 Å². The third-order valence-electron chi connectivity index (χ3n) is 6.56. The average molecular weight is 529 g/mol. The number of pyridine rings is 1. The zero-order chi connectivity index (χ0) is 27.0. The van der Waals surface area contributed by atoms with Crippen LogP contribution in [-0.2, 0) is 15.7 Å². The van der Waals surface area contributed by atoms with Crippen molar-refractivity contribution in [2.75, 3.05) is 13.2 Å². The van der Waals surface area contributed by atoms with Gasteiger partial charge in [0, 0.05) is 24.2 Å². The normalized spacial score (nSPS) is 24.5. The van der Waals surface area contributed by atoms with Gasteiger partial charge in [0.25, 0.3) is 0 Å². The fraction of sp³-hybridized carbons (Fsp3) is 0.538. The molecule has 6 nitrogen and oxygen atoms in total. The van der Waals surface area contributed by atoms with Crippen molar-refractivity contribution < 1.29 is 41.0 Å². The summed E-state index contributed by atoms with van der Waals surface area (Å²) < 4.78 is 82.9. The molecule has 3 heterocycles. The third-order valence-corrected chi connectivity index (χ3v) is 6.56. The van der Waals surface area contributed by atoms with E-state index >= 15 is 0 Å². The topological polar surface area (TPSA) is 60.9 Å². The van der Waals surface area contributed by atoms with Gasteiger partial charge in [0.2, 0.25) is 5.88 Å². The molecule has 1 amide bonds. The van der Waals surface area contributed by atoms with Gasteiger partial charge in [0.1, 0.15) is 5.60 Å². The molecule has 0 unspecified atom stereocenters. The number of aromatic nitrogens is 1. The standard InChI is InChI=1S/C26H29F5N2O4/c1-24(2,3)37-23(34)33-11-7-10-25(20(33)16-8-5-4-6-9-16)13-17(15-35-25)19-12-18(26(29,30)31)14-32-21(19)36-22(27)28/h4-6,8-9,12,14,17,20,22H,7,10-11,13,15H2,1-3H3/t17-,20-,25+/m0/s1. The van der Waals surface area contributed by atoms with Crippen LogP contribution in [0.2, 0.25) is 0 Å². The first-order valence-electron chi connectivity index (χ1n) is 12.0. The van der Waals surface area contributed by atoms with E-state index in [0.29, 0.717) is 25.6 Å². The van der Waals surface area contributed by atoms with E-state index in [2.05, 4.69) is 9.72 Å². The van der Waals surface area contributed by atoms with Crippen molar-refractivity contribution in [1.82, 2.24) is 9.88 Å². The van der Waals surface area contributed by atoms with Gasteiger partial charge in [-0.25, -0.2) is 9.78 Å². The number of amides is 1. The molecule has 2 fully saturated rings. The van der Waals surface area contributed by atoms with Gasteiger partial charge in [-0.3, -0.25) is 4.90 Å². The van der Waals surface area contributed by atoms with Crippen LogP contribution in [-0.4, -0.2) is 46.9 Å². The van der Waals surface area contributed by atoms with Gasteiger partial charge < -0.3 is 14.2 Å². The summed E-state index contributed by atoms with van der Waals surface area (Å²) in [5.41, 5.74) is -2.11. The number of rotatable bonds is 4. The molecule has 3 atom stereocenters. The van der Waals surface area contributed by atoms with E-state index in [9.17, 15) is 26.7 Å². The Morgan fingerprint density at radius 2 is 1.89 bits per heavy atom. The van der Waals surface area contributed by atoms with Gasteiger partial charge >= 0.3 is 18.9 Å². The summed E-state index contributed by atoms with van der Waals surface area (Å²) >= 11 is 0. The molecule has 202 valence electrons. The molecule has 0 saturated carbocycles. The van der Waals surface area contributed by atoms with Gasteiger partial charge in [0.15, 0.2) is 0 Å². The highest BCUT2D eigenvalue weighted by Crippen LogP contribution is 2.52. The monoisotopic (exact) mass is 528 g/mol. The van der Waals surface area contributed by atoms with E-state index in [0.717, 1.165) is 11.6 Å². The molecule has 2 aliphatic heterocycles. The molecule has 11 heteroatoms. The van der Waals surface area contributed by atoms with Crippen LogP contribution in [0.15, 0.2) is 42.6 Å². The highest BCUT2D eigenvalue weighted by molar-refractivity contribution is 5.69. The molecule has 0 N–H and O–H groups in total. The number of ether oxygens (including phenoxy) is 3. The number of halogens is 5. The molecular weight excluding hydrogens is 499 g/mol. The fourth-order valence-corrected chi connectivity index (χ4v) is 5.20. The van der Waals surface area contributed by atoms with Crippen molar-refractivity contribution >= 4 is 6.09 Å². The first-order chi connectivity index (χ1) is 17.3. The molecule has 2 aromatic rings. The Kier molecular flexibility index (Phi) is 7.38. The van der Waals surface area contributed by atoms with E-state index in [1.54, 1.807) is 25.7 Å². The molecule has 1 spiro atoms. The Labute approximate surface area is 211 Å². The lowest BCUT2D eigenvalue weighted by atomic mass is 9.76. The maximum absolute atomic E-state index is 13.4. The van der Waals surface area contributed by atoms with Gasteiger partial charge in [-0.15, -0.1) is 0 Å². The lowest BCUT2D eigenvalue weighted by molar-refractivity contribution is -0.138. The number of carbonyl (C=O) groups excluding carboxylic acids is 1. The second-order valence-corrected chi connectivity index (χ2v) is 10.4. The van der Waals surface area contributed by atoms with E-state index in [1.807, 2.05) is 30.3 Å². The largest absolute Gasteiger partial charge is 0.444 e. The molecule has 0 aliphatic carbocycles. The second-order valence-electron chi connectivity index (χ2n) is 10.4. The number of alkyl halides is 5. The Balaban J connectivity index is 1.73. The Bertz CT molecular complexity index is 1110. The minimum absolute atomic E-state index is 0.0475. The second kappa shape index (κ2) is 10.1. The number of piperidine rings is 1. The molecular formula is C26H29F5N2O4. The molecule has 1 aromatic heterocycles. The Hall–Kier alpha value is -2.95. The highest BCUT2D eigenvalue weighted by Gasteiger charge is 2.54. The van der Waals surface area contributed by atoms with Gasteiger partial charge in [0.05, 0.1) is 23.8 Å². The Morgan fingerprint density at radius 1 is 1.19 bits per heavy atom. The number of nitrogens with zero attached hydrogens (tertiary/aromatic N) is 2. The zero-order valence-corrected chi connectivity index (χ0v) is 20.7. The number of hydrogen-bond acceptors (Lipinski definition) is 5. The summed E-state index contributed by atoms with van der Waals surface area (Å²) in [5.74, 6) is -1.28. The Morgan fingerprint density at radius 3 is 2.51 bits per heavy atom. The van der Waals surface area contributed by atoms with Gasteiger partial charge in [-0.05, 0) is 51.7 Å². The lowest BCUT2D eigenvalue weighted by Gasteiger charge is -2.47. The fourth-order valence-electron chi connectivity index (χ4n) is 5.20. The predicted molar refractivity (Wildman–Crippen MR) is 123 cm³/mol. The summed E-state index contributed by atoms with van der Waals surface area (Å²) in [6.07, 6.45) is -3.52. The van der Waals surface area contributed by atoms with Crippen LogP contribution >= 0.6 is 0 Å². The minimum atomic E-state index is -4.72. The number of carbonyl (C=O) groups is 1. The number of likely N-dealkylation sites (tertiary alicyclic amines) is 1.